The van der Waals surface area contributed by atoms with Crippen LogP contribution in [0.2, 0.25) is 0 Å². The molecule has 1 rings (SSSR count). The molecule has 0 radical (unpaired) electrons. The molecule has 0 aromatic heterocycles. The highest BCUT2D eigenvalue weighted by Gasteiger charge is 2.26. The van der Waals surface area contributed by atoms with Crippen LogP contribution in [0.4, 0.5) is 0 Å². The summed E-state index contributed by atoms with van der Waals surface area (Å²) in [5.74, 6) is -2.24. The van der Waals surface area contributed by atoms with Crippen molar-refractivity contribution in [3.63, 3.8) is 0 Å². The summed E-state index contributed by atoms with van der Waals surface area (Å²) >= 11 is 0. The zero-order valence-electron chi connectivity index (χ0n) is 26.8. The van der Waals surface area contributed by atoms with Crippen LogP contribution < -0.4 is 0 Å². The number of carboxylic acid groups (broad SMARTS) is 1. The molecule has 1 aliphatic carbocycles. The van der Waals surface area contributed by atoms with Crippen LogP contribution in [-0.4, -0.2) is 16.9 Å². The minimum Gasteiger partial charge on any atom is -0.481 e. The number of ketones is 1. The molecule has 40 heavy (non-hydrogen) atoms. The maximum absolute atomic E-state index is 12.7. The van der Waals surface area contributed by atoms with Gasteiger partial charge in [0.2, 0.25) is 0 Å². The van der Waals surface area contributed by atoms with Crippen molar-refractivity contribution in [3.8, 4) is 0 Å². The molecular formula is C37H60O3. The Morgan fingerprint density at radius 3 is 1.93 bits per heavy atom. The molecule has 0 heterocycles. The molecule has 226 valence electrons. The van der Waals surface area contributed by atoms with Crippen LogP contribution in [0.5, 0.6) is 0 Å². The van der Waals surface area contributed by atoms with E-state index >= 15 is 0 Å². The lowest BCUT2D eigenvalue weighted by Crippen LogP contribution is -2.22. The van der Waals surface area contributed by atoms with Gasteiger partial charge in [-0.15, -0.1) is 0 Å². The van der Waals surface area contributed by atoms with Crippen LogP contribution in [-0.2, 0) is 9.59 Å². The number of hydrogen-bond donors (Lipinski definition) is 1. The number of aliphatic carboxylic acids is 1. The van der Waals surface area contributed by atoms with Crippen molar-refractivity contribution in [3.05, 3.63) is 58.7 Å². The first-order chi connectivity index (χ1) is 19.1. The van der Waals surface area contributed by atoms with E-state index in [1.54, 1.807) is 0 Å². The Hall–Kier alpha value is -2.16. The minimum atomic E-state index is -1.01. The number of unbranched alkanes of at least 4 members (excludes halogenated alkanes) is 12. The van der Waals surface area contributed by atoms with Crippen molar-refractivity contribution in [1.82, 2.24) is 0 Å². The summed E-state index contributed by atoms with van der Waals surface area (Å²) in [7, 11) is 0. The fraction of sp³-hybridized carbons (Fsp3) is 0.676. The van der Waals surface area contributed by atoms with Crippen molar-refractivity contribution in [2.75, 3.05) is 0 Å². The summed E-state index contributed by atoms with van der Waals surface area (Å²) in [6.07, 6.45) is 32.1. The average Bonchev–Trinajstić information content (AvgIpc) is 2.88. The molecule has 1 unspecified atom stereocenters. The molecule has 0 aromatic rings. The van der Waals surface area contributed by atoms with Crippen LogP contribution >= 0.6 is 0 Å². The standard InChI is InChI=1S/C37H60O3/c1-7-8-9-10-11-12-13-14-15-16-17-18-19-25-33(36(39)40)35(38)29-31(3)23-20-22-30(2)26-27-34-32(4)24-21-28-37(34,5)6/h20,22-23,26-27,29,33H,7-19,21,24-25,28H2,1-6H3,(H,39,40)/b23-20+,27-26+,30-22+,31-29+. The third kappa shape index (κ3) is 15.6. The van der Waals surface area contributed by atoms with Crippen LogP contribution in [0.3, 0.4) is 0 Å². The van der Waals surface area contributed by atoms with Crippen molar-refractivity contribution >= 4 is 11.8 Å². The molecule has 1 N–H and O–H groups in total. The maximum atomic E-state index is 12.7. The Morgan fingerprint density at radius 1 is 0.850 bits per heavy atom. The normalized spacial score (nSPS) is 17.2. The minimum absolute atomic E-state index is 0.224. The Bertz CT molecular complexity index is 910. The van der Waals surface area contributed by atoms with Gasteiger partial charge in [0.1, 0.15) is 5.92 Å². The summed E-state index contributed by atoms with van der Waals surface area (Å²) < 4.78 is 0. The van der Waals surface area contributed by atoms with Crippen LogP contribution in [0.25, 0.3) is 0 Å². The second-order valence-electron chi connectivity index (χ2n) is 12.7. The first-order valence-corrected chi connectivity index (χ1v) is 16.3. The first kappa shape index (κ1) is 35.9. The molecule has 0 saturated carbocycles. The highest BCUT2D eigenvalue weighted by molar-refractivity contribution is 6.04. The molecule has 0 aromatic carbocycles. The van der Waals surface area contributed by atoms with E-state index in [2.05, 4.69) is 46.8 Å². The lowest BCUT2D eigenvalue weighted by atomic mass is 9.72. The molecule has 0 saturated heterocycles. The number of carboxylic acids is 1. The van der Waals surface area contributed by atoms with Crippen molar-refractivity contribution in [1.29, 1.82) is 0 Å². The van der Waals surface area contributed by atoms with Crippen LogP contribution in [0.15, 0.2) is 58.7 Å². The van der Waals surface area contributed by atoms with E-state index in [9.17, 15) is 14.7 Å². The van der Waals surface area contributed by atoms with E-state index in [-0.39, 0.29) is 11.2 Å². The molecule has 0 amide bonds. The topological polar surface area (TPSA) is 54.4 Å². The van der Waals surface area contributed by atoms with Crippen LogP contribution in [0.1, 0.15) is 151 Å². The molecule has 1 aliphatic rings. The lowest BCUT2D eigenvalue weighted by molar-refractivity contribution is -0.145. The fourth-order valence-electron chi connectivity index (χ4n) is 5.76. The quantitative estimate of drug-likeness (QED) is 0.0666. The largest absolute Gasteiger partial charge is 0.481 e. The van der Waals surface area contributed by atoms with Gasteiger partial charge in [0, 0.05) is 0 Å². The van der Waals surface area contributed by atoms with Gasteiger partial charge in [-0.3, -0.25) is 9.59 Å². The van der Waals surface area contributed by atoms with E-state index in [1.807, 2.05) is 25.2 Å². The number of rotatable bonds is 21. The summed E-state index contributed by atoms with van der Waals surface area (Å²) in [5, 5.41) is 9.63. The summed E-state index contributed by atoms with van der Waals surface area (Å²) in [4.78, 5) is 24.4. The summed E-state index contributed by atoms with van der Waals surface area (Å²) in [6, 6.07) is 0. The van der Waals surface area contributed by atoms with Crippen molar-refractivity contribution in [2.24, 2.45) is 11.3 Å². The molecule has 1 atom stereocenters. The molecule has 0 spiro atoms. The number of hydrogen-bond acceptors (Lipinski definition) is 2. The van der Waals surface area contributed by atoms with Gasteiger partial charge in [0.05, 0.1) is 0 Å². The van der Waals surface area contributed by atoms with Crippen LogP contribution in [0, 0.1) is 11.3 Å². The smallest absolute Gasteiger partial charge is 0.314 e. The third-order valence-electron chi connectivity index (χ3n) is 8.38. The van der Waals surface area contributed by atoms with Gasteiger partial charge in [0.15, 0.2) is 5.78 Å². The molecule has 3 nitrogen and oxygen atoms in total. The maximum Gasteiger partial charge on any atom is 0.314 e. The van der Waals surface area contributed by atoms with Gasteiger partial charge < -0.3 is 5.11 Å². The number of allylic oxidation sites excluding steroid dienone is 10. The van der Waals surface area contributed by atoms with Crippen molar-refractivity contribution in [2.45, 2.75) is 151 Å². The molecule has 0 fully saturated rings. The highest BCUT2D eigenvalue weighted by Crippen LogP contribution is 2.40. The van der Waals surface area contributed by atoms with Gasteiger partial charge >= 0.3 is 5.97 Å². The Morgan fingerprint density at radius 2 is 1.40 bits per heavy atom. The second kappa shape index (κ2) is 20.7. The fourth-order valence-corrected chi connectivity index (χ4v) is 5.76. The average molecular weight is 553 g/mol. The van der Waals surface area contributed by atoms with E-state index in [0.29, 0.717) is 6.42 Å². The zero-order chi connectivity index (χ0) is 29.8. The Labute approximate surface area is 247 Å². The van der Waals surface area contributed by atoms with Gasteiger partial charge in [0.25, 0.3) is 0 Å². The van der Waals surface area contributed by atoms with Gasteiger partial charge in [-0.25, -0.2) is 0 Å². The number of carbonyl (C=O) groups excluding carboxylic acids is 1. The SMILES string of the molecule is CCCCCCCCCCCCCCCC(C(=O)O)C(=O)/C=C(C)/C=C/C=C(C)/C=C/C1=C(C)CCCC1(C)C. The van der Waals surface area contributed by atoms with Gasteiger partial charge in [-0.2, -0.15) is 0 Å². The second-order valence-corrected chi connectivity index (χ2v) is 12.7. The number of carbonyl (C=O) groups is 2. The lowest BCUT2D eigenvalue weighted by Gasteiger charge is -2.32. The summed E-state index contributed by atoms with van der Waals surface area (Å²) in [5.41, 5.74) is 5.08. The summed E-state index contributed by atoms with van der Waals surface area (Å²) in [6.45, 7) is 13.1. The molecule has 3 heteroatoms. The van der Waals surface area contributed by atoms with E-state index in [4.69, 9.17) is 0 Å². The first-order valence-electron chi connectivity index (χ1n) is 16.3. The molecule has 0 aliphatic heterocycles. The highest BCUT2D eigenvalue weighted by atomic mass is 16.4. The Kier molecular flexibility index (Phi) is 18.5. The predicted octanol–water partition coefficient (Wildman–Crippen LogP) is 11.3. The van der Waals surface area contributed by atoms with E-state index in [0.717, 1.165) is 30.4 Å². The van der Waals surface area contributed by atoms with E-state index < -0.39 is 11.9 Å². The predicted molar refractivity (Wildman–Crippen MR) is 173 cm³/mol. The third-order valence-corrected chi connectivity index (χ3v) is 8.38. The molecule has 0 bridgehead atoms. The zero-order valence-corrected chi connectivity index (χ0v) is 26.8. The Balaban J connectivity index is 2.40. The van der Waals surface area contributed by atoms with Gasteiger partial charge in [-0.1, -0.05) is 146 Å². The van der Waals surface area contributed by atoms with E-state index in [1.165, 1.54) is 101 Å². The monoisotopic (exact) mass is 552 g/mol. The molecular weight excluding hydrogens is 492 g/mol. The van der Waals surface area contributed by atoms with Crippen molar-refractivity contribution < 1.29 is 14.7 Å². The van der Waals surface area contributed by atoms with Gasteiger partial charge in [-0.05, 0) is 69.1 Å².